The molecular formula is C12H21N. The first-order valence-corrected chi connectivity index (χ1v) is 5.33. The Kier molecular flexibility index (Phi) is 3.58. The maximum absolute atomic E-state index is 2.49. The summed E-state index contributed by atoms with van der Waals surface area (Å²) in [6.07, 6.45) is 6.98. The Labute approximate surface area is 82.1 Å². The Bertz CT molecular complexity index is 223. The van der Waals surface area contributed by atoms with Gasteiger partial charge in [-0.15, -0.1) is 0 Å². The summed E-state index contributed by atoms with van der Waals surface area (Å²) in [5.74, 6) is 0. The highest BCUT2D eigenvalue weighted by Gasteiger charge is 2.22. The Morgan fingerprint density at radius 3 is 2.62 bits per heavy atom. The van der Waals surface area contributed by atoms with Crippen LogP contribution < -0.4 is 0 Å². The van der Waals surface area contributed by atoms with Crippen molar-refractivity contribution in [2.75, 3.05) is 6.54 Å². The van der Waals surface area contributed by atoms with Gasteiger partial charge in [0.05, 0.1) is 0 Å². The molecule has 1 rings (SSSR count). The first-order chi connectivity index (χ1) is 6.20. The van der Waals surface area contributed by atoms with Crippen molar-refractivity contribution >= 4 is 0 Å². The van der Waals surface area contributed by atoms with E-state index < -0.39 is 0 Å². The van der Waals surface area contributed by atoms with E-state index in [-0.39, 0.29) is 0 Å². The molecule has 1 nitrogen and oxygen atoms in total. The van der Waals surface area contributed by atoms with E-state index in [9.17, 15) is 0 Å². The second-order valence-corrected chi connectivity index (χ2v) is 3.85. The van der Waals surface area contributed by atoms with Crippen LogP contribution >= 0.6 is 0 Å². The quantitative estimate of drug-likeness (QED) is 0.628. The topological polar surface area (TPSA) is 3.24 Å². The maximum atomic E-state index is 2.49. The minimum atomic E-state index is 0.633. The molecule has 1 heterocycles. The molecule has 0 spiro atoms. The summed E-state index contributed by atoms with van der Waals surface area (Å²) in [5, 5.41) is 0. The van der Waals surface area contributed by atoms with Crippen LogP contribution in [0.15, 0.2) is 23.4 Å². The summed E-state index contributed by atoms with van der Waals surface area (Å²) in [6.45, 7) is 10.1. The van der Waals surface area contributed by atoms with Gasteiger partial charge in [-0.25, -0.2) is 0 Å². The van der Waals surface area contributed by atoms with Crippen LogP contribution in [0.3, 0.4) is 0 Å². The highest BCUT2D eigenvalue weighted by Crippen LogP contribution is 2.29. The van der Waals surface area contributed by atoms with Gasteiger partial charge in [0.1, 0.15) is 0 Å². The van der Waals surface area contributed by atoms with Crippen LogP contribution in [0.1, 0.15) is 40.5 Å². The molecule has 0 aromatic carbocycles. The van der Waals surface area contributed by atoms with Crippen molar-refractivity contribution in [1.29, 1.82) is 0 Å². The zero-order valence-corrected chi connectivity index (χ0v) is 9.30. The number of hydrogen-bond donors (Lipinski definition) is 0. The van der Waals surface area contributed by atoms with E-state index in [4.69, 9.17) is 0 Å². The smallest absolute Gasteiger partial charge is 0.0355 e. The molecule has 0 aromatic rings. The standard InChI is InChI=1S/C12H21N/c1-5-7-11-8-9-13(10(3)4)12(11)6-2/h6-7,10H,5,8-9H2,1-4H3/b11-7-,12-6+. The van der Waals surface area contributed by atoms with Crippen molar-refractivity contribution in [3.8, 4) is 0 Å². The Hall–Kier alpha value is -0.720. The highest BCUT2D eigenvalue weighted by molar-refractivity contribution is 5.34. The fraction of sp³-hybridized carbons (Fsp3) is 0.667. The van der Waals surface area contributed by atoms with Crippen LogP contribution in [-0.4, -0.2) is 17.5 Å². The third-order valence-corrected chi connectivity index (χ3v) is 2.61. The molecule has 0 unspecified atom stereocenters. The Balaban J connectivity index is 2.82. The number of nitrogens with zero attached hydrogens (tertiary/aromatic N) is 1. The lowest BCUT2D eigenvalue weighted by Gasteiger charge is -2.24. The van der Waals surface area contributed by atoms with Gasteiger partial charge in [-0.2, -0.15) is 0 Å². The zero-order chi connectivity index (χ0) is 9.84. The van der Waals surface area contributed by atoms with E-state index in [1.807, 2.05) is 0 Å². The minimum absolute atomic E-state index is 0.633. The third kappa shape index (κ3) is 2.15. The summed E-state index contributed by atoms with van der Waals surface area (Å²) in [5.41, 5.74) is 3.00. The number of allylic oxidation sites excluding steroid dienone is 3. The van der Waals surface area contributed by atoms with Crippen molar-refractivity contribution in [2.45, 2.75) is 46.6 Å². The van der Waals surface area contributed by atoms with Crippen molar-refractivity contribution in [3.63, 3.8) is 0 Å². The fourth-order valence-electron chi connectivity index (χ4n) is 2.01. The highest BCUT2D eigenvalue weighted by atomic mass is 15.2. The van der Waals surface area contributed by atoms with Crippen molar-refractivity contribution < 1.29 is 0 Å². The van der Waals surface area contributed by atoms with E-state index >= 15 is 0 Å². The maximum Gasteiger partial charge on any atom is 0.0355 e. The van der Waals surface area contributed by atoms with E-state index in [1.165, 1.54) is 18.7 Å². The summed E-state index contributed by atoms with van der Waals surface area (Å²) < 4.78 is 0. The second-order valence-electron chi connectivity index (χ2n) is 3.85. The average Bonchev–Trinajstić information content (AvgIpc) is 2.48. The number of rotatable bonds is 2. The summed E-state index contributed by atoms with van der Waals surface area (Å²) in [6, 6.07) is 0.633. The molecule has 0 radical (unpaired) electrons. The van der Waals surface area contributed by atoms with Gasteiger partial charge in [-0.3, -0.25) is 0 Å². The minimum Gasteiger partial charge on any atom is -0.369 e. The average molecular weight is 179 g/mol. The molecule has 13 heavy (non-hydrogen) atoms. The van der Waals surface area contributed by atoms with Gasteiger partial charge in [-0.1, -0.05) is 19.1 Å². The van der Waals surface area contributed by atoms with E-state index in [2.05, 4.69) is 44.7 Å². The van der Waals surface area contributed by atoms with Gasteiger partial charge in [0.2, 0.25) is 0 Å². The molecule has 1 fully saturated rings. The van der Waals surface area contributed by atoms with Gasteiger partial charge < -0.3 is 4.90 Å². The molecule has 0 aromatic heterocycles. The van der Waals surface area contributed by atoms with Crippen molar-refractivity contribution in [2.24, 2.45) is 0 Å². The molecule has 0 amide bonds. The van der Waals surface area contributed by atoms with E-state index in [0.29, 0.717) is 6.04 Å². The van der Waals surface area contributed by atoms with Crippen LogP contribution in [0.5, 0.6) is 0 Å². The molecule has 74 valence electrons. The van der Waals surface area contributed by atoms with Crippen molar-refractivity contribution in [1.82, 2.24) is 4.90 Å². The summed E-state index contributed by atoms with van der Waals surface area (Å²) in [7, 11) is 0. The molecule has 1 heteroatoms. The van der Waals surface area contributed by atoms with Crippen molar-refractivity contribution in [3.05, 3.63) is 23.4 Å². The van der Waals surface area contributed by atoms with Crippen LogP contribution in [0, 0.1) is 0 Å². The van der Waals surface area contributed by atoms with Gasteiger partial charge in [0.15, 0.2) is 0 Å². The lowest BCUT2D eigenvalue weighted by molar-refractivity contribution is 0.324. The first kappa shape index (κ1) is 10.4. The van der Waals surface area contributed by atoms with Gasteiger partial charge in [-0.05, 0) is 39.2 Å². The largest absolute Gasteiger partial charge is 0.369 e. The van der Waals surface area contributed by atoms with Gasteiger partial charge >= 0.3 is 0 Å². The summed E-state index contributed by atoms with van der Waals surface area (Å²) in [4.78, 5) is 2.49. The second kappa shape index (κ2) is 4.50. The lowest BCUT2D eigenvalue weighted by atomic mass is 10.1. The summed E-state index contributed by atoms with van der Waals surface area (Å²) >= 11 is 0. The molecule has 1 saturated heterocycles. The monoisotopic (exact) mass is 179 g/mol. The molecule has 0 bridgehead atoms. The Morgan fingerprint density at radius 1 is 1.46 bits per heavy atom. The number of hydrogen-bond acceptors (Lipinski definition) is 1. The van der Waals surface area contributed by atoms with Gasteiger partial charge in [0.25, 0.3) is 0 Å². The van der Waals surface area contributed by atoms with Crippen LogP contribution in [0.25, 0.3) is 0 Å². The Morgan fingerprint density at radius 2 is 2.15 bits per heavy atom. The van der Waals surface area contributed by atoms with Crippen LogP contribution in [0.2, 0.25) is 0 Å². The van der Waals surface area contributed by atoms with E-state index in [0.717, 1.165) is 6.42 Å². The molecule has 0 aliphatic carbocycles. The molecule has 1 aliphatic rings. The third-order valence-electron chi connectivity index (χ3n) is 2.61. The molecule has 0 saturated carbocycles. The molecule has 1 aliphatic heterocycles. The normalized spacial score (nSPS) is 23.9. The predicted molar refractivity (Wildman–Crippen MR) is 58.6 cm³/mol. The lowest BCUT2D eigenvalue weighted by Crippen LogP contribution is -2.25. The SMILES string of the molecule is C/C=C1\C(=C/CC)CCN1C(C)C. The van der Waals surface area contributed by atoms with Crippen LogP contribution in [0.4, 0.5) is 0 Å². The predicted octanol–water partition coefficient (Wildman–Crippen LogP) is 3.34. The van der Waals surface area contributed by atoms with Gasteiger partial charge in [0, 0.05) is 18.3 Å². The molecular weight excluding hydrogens is 158 g/mol. The molecule has 0 atom stereocenters. The number of likely N-dealkylation sites (tertiary alicyclic amines) is 1. The van der Waals surface area contributed by atoms with Crippen LogP contribution in [-0.2, 0) is 0 Å². The fourth-order valence-corrected chi connectivity index (χ4v) is 2.01. The molecule has 0 N–H and O–H groups in total. The van der Waals surface area contributed by atoms with E-state index in [1.54, 1.807) is 5.57 Å². The first-order valence-electron chi connectivity index (χ1n) is 5.33. The zero-order valence-electron chi connectivity index (χ0n) is 9.30.